The first-order valence-electron chi connectivity index (χ1n) is 6.31. The molecule has 5 heteroatoms. The molecule has 0 bridgehead atoms. The molecule has 1 amide bonds. The molecule has 0 saturated heterocycles. The lowest BCUT2D eigenvalue weighted by atomic mass is 10.1. The topological polar surface area (TPSA) is 20.3 Å². The summed E-state index contributed by atoms with van der Waals surface area (Å²) < 4.78 is 24.4. The summed E-state index contributed by atoms with van der Waals surface area (Å²) in [6, 6.07) is 6.61. The summed E-state index contributed by atoms with van der Waals surface area (Å²) in [7, 11) is 1.80. The Bertz CT molecular complexity index is 445. The van der Waals surface area contributed by atoms with Gasteiger partial charge < -0.3 is 4.90 Å². The van der Waals surface area contributed by atoms with Crippen molar-refractivity contribution in [3.05, 3.63) is 29.8 Å². The SMILES string of the molecule is CC(C1CC1)N(C)C(=O)c1ccc(SC(F)F)cc1. The third-order valence-corrected chi connectivity index (χ3v) is 4.28. The van der Waals surface area contributed by atoms with Crippen LogP contribution in [-0.4, -0.2) is 29.7 Å². The monoisotopic (exact) mass is 285 g/mol. The highest BCUT2D eigenvalue weighted by molar-refractivity contribution is 7.99. The predicted octanol–water partition coefficient (Wildman–Crippen LogP) is 3.87. The summed E-state index contributed by atoms with van der Waals surface area (Å²) in [5.74, 6) is -1.87. The van der Waals surface area contributed by atoms with Gasteiger partial charge in [-0.05, 0) is 49.9 Å². The predicted molar refractivity (Wildman–Crippen MR) is 72.6 cm³/mol. The second kappa shape index (κ2) is 5.90. The van der Waals surface area contributed by atoms with Crippen LogP contribution in [0, 0.1) is 5.92 Å². The van der Waals surface area contributed by atoms with E-state index in [-0.39, 0.29) is 11.9 Å². The zero-order chi connectivity index (χ0) is 14.0. The normalized spacial score (nSPS) is 16.5. The second-order valence-corrected chi connectivity index (χ2v) is 5.96. The van der Waals surface area contributed by atoms with Crippen molar-refractivity contribution in [2.75, 3.05) is 7.05 Å². The van der Waals surface area contributed by atoms with Crippen LogP contribution >= 0.6 is 11.8 Å². The van der Waals surface area contributed by atoms with Crippen LogP contribution in [-0.2, 0) is 0 Å². The molecule has 2 nitrogen and oxygen atoms in total. The van der Waals surface area contributed by atoms with E-state index in [9.17, 15) is 13.6 Å². The van der Waals surface area contributed by atoms with Gasteiger partial charge >= 0.3 is 0 Å². The van der Waals surface area contributed by atoms with E-state index < -0.39 is 5.76 Å². The number of alkyl halides is 2. The van der Waals surface area contributed by atoms with Crippen LogP contribution in [0.15, 0.2) is 29.2 Å². The van der Waals surface area contributed by atoms with Gasteiger partial charge in [0.2, 0.25) is 0 Å². The van der Waals surface area contributed by atoms with Gasteiger partial charge in [-0.1, -0.05) is 11.8 Å². The van der Waals surface area contributed by atoms with Crippen LogP contribution in [0.2, 0.25) is 0 Å². The first-order chi connectivity index (χ1) is 8.99. The minimum absolute atomic E-state index is 0.0482. The van der Waals surface area contributed by atoms with Gasteiger partial charge in [0.25, 0.3) is 11.7 Å². The van der Waals surface area contributed by atoms with Gasteiger partial charge in [-0.15, -0.1) is 0 Å². The summed E-state index contributed by atoms with van der Waals surface area (Å²) in [5.41, 5.74) is 0.550. The van der Waals surface area contributed by atoms with Crippen molar-refractivity contribution in [3.8, 4) is 0 Å². The quantitative estimate of drug-likeness (QED) is 0.765. The number of carbonyl (C=O) groups is 1. The minimum Gasteiger partial charge on any atom is -0.339 e. The molecule has 0 aromatic heterocycles. The maximum absolute atomic E-state index is 12.2. The molecule has 0 spiro atoms. The highest BCUT2D eigenvalue weighted by atomic mass is 32.2. The van der Waals surface area contributed by atoms with E-state index in [4.69, 9.17) is 0 Å². The molecule has 1 unspecified atom stereocenters. The fourth-order valence-electron chi connectivity index (χ4n) is 2.06. The Balaban J connectivity index is 2.02. The van der Waals surface area contributed by atoms with Crippen molar-refractivity contribution in [2.24, 2.45) is 5.92 Å². The van der Waals surface area contributed by atoms with E-state index in [1.165, 1.54) is 12.8 Å². The van der Waals surface area contributed by atoms with Gasteiger partial charge in [0.15, 0.2) is 0 Å². The Hall–Kier alpha value is -1.10. The average molecular weight is 285 g/mol. The number of benzene rings is 1. The summed E-state index contributed by atoms with van der Waals surface area (Å²) in [4.78, 5) is 14.4. The van der Waals surface area contributed by atoms with Crippen LogP contribution in [0.3, 0.4) is 0 Å². The van der Waals surface area contributed by atoms with E-state index >= 15 is 0 Å². The molecule has 0 heterocycles. The summed E-state index contributed by atoms with van der Waals surface area (Å²) in [5, 5.41) is 0. The van der Waals surface area contributed by atoms with Crippen LogP contribution < -0.4 is 0 Å². The van der Waals surface area contributed by atoms with Crippen molar-refractivity contribution in [2.45, 2.75) is 36.5 Å². The Morgan fingerprint density at radius 2 is 1.89 bits per heavy atom. The number of rotatable bonds is 5. The molecule has 2 rings (SSSR count). The van der Waals surface area contributed by atoms with E-state index in [0.29, 0.717) is 28.1 Å². The Kier molecular flexibility index (Phi) is 4.45. The maximum atomic E-state index is 12.2. The molecule has 1 fully saturated rings. The highest BCUT2D eigenvalue weighted by Crippen LogP contribution is 2.35. The zero-order valence-corrected chi connectivity index (χ0v) is 11.8. The molecule has 1 aromatic rings. The summed E-state index contributed by atoms with van der Waals surface area (Å²) in [6.07, 6.45) is 2.37. The Labute approximate surface area is 116 Å². The van der Waals surface area contributed by atoms with E-state index in [2.05, 4.69) is 6.92 Å². The first-order valence-corrected chi connectivity index (χ1v) is 7.19. The molecular formula is C14H17F2NOS. The summed E-state index contributed by atoms with van der Waals surface area (Å²) >= 11 is 0.490. The lowest BCUT2D eigenvalue weighted by Crippen LogP contribution is -2.36. The molecular weight excluding hydrogens is 268 g/mol. The molecule has 0 N–H and O–H groups in total. The second-order valence-electron chi connectivity index (χ2n) is 4.90. The van der Waals surface area contributed by atoms with Gasteiger partial charge in [-0.25, -0.2) is 0 Å². The third-order valence-electron chi connectivity index (χ3n) is 3.56. The molecule has 1 aromatic carbocycles. The summed E-state index contributed by atoms with van der Waals surface area (Å²) in [6.45, 7) is 2.05. The number of amides is 1. The van der Waals surface area contributed by atoms with E-state index in [0.717, 1.165) is 0 Å². The number of halogens is 2. The number of hydrogen-bond acceptors (Lipinski definition) is 2. The standard InChI is InChI=1S/C14H17F2NOS/c1-9(10-3-4-10)17(2)13(18)11-5-7-12(8-6-11)19-14(15)16/h5-10,14H,3-4H2,1-2H3. The third kappa shape index (κ3) is 3.69. The van der Waals surface area contributed by atoms with Crippen molar-refractivity contribution >= 4 is 17.7 Å². The zero-order valence-electron chi connectivity index (χ0n) is 11.0. The smallest absolute Gasteiger partial charge is 0.288 e. The number of nitrogens with zero attached hydrogens (tertiary/aromatic N) is 1. The van der Waals surface area contributed by atoms with Crippen molar-refractivity contribution < 1.29 is 13.6 Å². The number of hydrogen-bond donors (Lipinski definition) is 0. The molecule has 1 aliphatic rings. The molecule has 1 aliphatic carbocycles. The molecule has 19 heavy (non-hydrogen) atoms. The lowest BCUT2D eigenvalue weighted by Gasteiger charge is -2.25. The Morgan fingerprint density at radius 1 is 1.32 bits per heavy atom. The van der Waals surface area contributed by atoms with Gasteiger partial charge in [0.05, 0.1) is 0 Å². The van der Waals surface area contributed by atoms with E-state index in [1.54, 1.807) is 36.2 Å². The highest BCUT2D eigenvalue weighted by Gasteiger charge is 2.32. The number of thioether (sulfide) groups is 1. The minimum atomic E-state index is -2.43. The maximum Gasteiger partial charge on any atom is 0.288 e. The first kappa shape index (κ1) is 14.3. The average Bonchev–Trinajstić information content (AvgIpc) is 3.20. The van der Waals surface area contributed by atoms with Crippen LogP contribution in [0.1, 0.15) is 30.1 Å². The van der Waals surface area contributed by atoms with E-state index in [1.807, 2.05) is 0 Å². The Morgan fingerprint density at radius 3 is 2.37 bits per heavy atom. The molecule has 1 atom stereocenters. The fraction of sp³-hybridized carbons (Fsp3) is 0.500. The van der Waals surface area contributed by atoms with Crippen molar-refractivity contribution in [1.82, 2.24) is 4.90 Å². The largest absolute Gasteiger partial charge is 0.339 e. The van der Waals surface area contributed by atoms with Crippen LogP contribution in [0.25, 0.3) is 0 Å². The van der Waals surface area contributed by atoms with Gasteiger partial charge in [-0.3, -0.25) is 4.79 Å². The van der Waals surface area contributed by atoms with Crippen LogP contribution in [0.4, 0.5) is 8.78 Å². The van der Waals surface area contributed by atoms with Crippen LogP contribution in [0.5, 0.6) is 0 Å². The molecule has 1 saturated carbocycles. The number of carbonyl (C=O) groups excluding carboxylic acids is 1. The fourth-order valence-corrected chi connectivity index (χ4v) is 2.56. The molecule has 0 radical (unpaired) electrons. The molecule has 0 aliphatic heterocycles. The van der Waals surface area contributed by atoms with Gasteiger partial charge in [0, 0.05) is 23.5 Å². The van der Waals surface area contributed by atoms with Crippen molar-refractivity contribution in [1.29, 1.82) is 0 Å². The lowest BCUT2D eigenvalue weighted by molar-refractivity contribution is 0.0727. The van der Waals surface area contributed by atoms with Gasteiger partial charge in [0.1, 0.15) is 0 Å². The molecule has 104 valence electrons. The van der Waals surface area contributed by atoms with Crippen molar-refractivity contribution in [3.63, 3.8) is 0 Å². The van der Waals surface area contributed by atoms with Gasteiger partial charge in [-0.2, -0.15) is 8.78 Å².